The van der Waals surface area contributed by atoms with Crippen LogP contribution in [0.3, 0.4) is 0 Å². The first-order valence-electron chi connectivity index (χ1n) is 8.56. The SMILES string of the molecule is COc1ccc(OC)c(CNC(=O)C2CC(=O)N(c3cccc(Br)c3)C2)c1. The lowest BCUT2D eigenvalue weighted by atomic mass is 10.1. The number of hydrogen-bond donors (Lipinski definition) is 1. The third-order valence-corrected chi connectivity index (χ3v) is 5.05. The zero-order chi connectivity index (χ0) is 19.4. The highest BCUT2D eigenvalue weighted by Crippen LogP contribution is 2.28. The van der Waals surface area contributed by atoms with Crippen molar-refractivity contribution in [1.29, 1.82) is 0 Å². The average Bonchev–Trinajstić information content (AvgIpc) is 3.07. The summed E-state index contributed by atoms with van der Waals surface area (Å²) in [5.41, 5.74) is 1.61. The number of ether oxygens (including phenoxy) is 2. The van der Waals surface area contributed by atoms with Gasteiger partial charge in [0.25, 0.3) is 0 Å². The Morgan fingerprint density at radius 3 is 2.74 bits per heavy atom. The van der Waals surface area contributed by atoms with Gasteiger partial charge in [0.1, 0.15) is 11.5 Å². The molecule has 3 rings (SSSR count). The van der Waals surface area contributed by atoms with E-state index >= 15 is 0 Å². The van der Waals surface area contributed by atoms with Gasteiger partial charge in [-0.05, 0) is 36.4 Å². The Morgan fingerprint density at radius 2 is 2.04 bits per heavy atom. The maximum Gasteiger partial charge on any atom is 0.227 e. The largest absolute Gasteiger partial charge is 0.497 e. The molecule has 2 aromatic rings. The number of hydrogen-bond acceptors (Lipinski definition) is 4. The number of carbonyl (C=O) groups is 2. The molecule has 0 bridgehead atoms. The van der Waals surface area contributed by atoms with E-state index in [9.17, 15) is 9.59 Å². The van der Waals surface area contributed by atoms with Crippen LogP contribution in [-0.2, 0) is 16.1 Å². The fourth-order valence-electron chi connectivity index (χ4n) is 3.12. The highest BCUT2D eigenvalue weighted by Gasteiger charge is 2.35. The summed E-state index contributed by atoms with van der Waals surface area (Å²) in [6, 6.07) is 12.9. The van der Waals surface area contributed by atoms with Crippen LogP contribution in [0.15, 0.2) is 46.9 Å². The quantitative estimate of drug-likeness (QED) is 0.760. The van der Waals surface area contributed by atoms with Crippen molar-refractivity contribution in [3.63, 3.8) is 0 Å². The molecule has 0 spiro atoms. The normalized spacial score (nSPS) is 16.3. The number of benzene rings is 2. The summed E-state index contributed by atoms with van der Waals surface area (Å²) in [5, 5.41) is 2.91. The average molecular weight is 433 g/mol. The second kappa shape index (κ2) is 8.43. The lowest BCUT2D eigenvalue weighted by Gasteiger charge is -2.17. The molecule has 142 valence electrons. The van der Waals surface area contributed by atoms with Crippen LogP contribution in [0.4, 0.5) is 5.69 Å². The molecule has 1 unspecified atom stereocenters. The zero-order valence-corrected chi connectivity index (χ0v) is 16.8. The Morgan fingerprint density at radius 1 is 1.22 bits per heavy atom. The van der Waals surface area contributed by atoms with Crippen LogP contribution in [0.5, 0.6) is 11.5 Å². The van der Waals surface area contributed by atoms with Crippen molar-refractivity contribution >= 4 is 33.4 Å². The Balaban J connectivity index is 1.65. The van der Waals surface area contributed by atoms with E-state index in [1.807, 2.05) is 30.3 Å². The summed E-state index contributed by atoms with van der Waals surface area (Å²) in [4.78, 5) is 26.6. The second-order valence-corrected chi connectivity index (χ2v) is 7.20. The van der Waals surface area contributed by atoms with Gasteiger partial charge in [-0.25, -0.2) is 0 Å². The first-order valence-corrected chi connectivity index (χ1v) is 9.35. The van der Waals surface area contributed by atoms with Gasteiger partial charge in [0.05, 0.1) is 20.1 Å². The van der Waals surface area contributed by atoms with E-state index in [0.717, 1.165) is 15.7 Å². The maximum atomic E-state index is 12.6. The third kappa shape index (κ3) is 4.42. The Hall–Kier alpha value is -2.54. The third-order valence-electron chi connectivity index (χ3n) is 4.56. The van der Waals surface area contributed by atoms with E-state index in [4.69, 9.17) is 9.47 Å². The molecule has 1 heterocycles. The number of rotatable bonds is 6. The van der Waals surface area contributed by atoms with Crippen LogP contribution in [0, 0.1) is 5.92 Å². The first-order chi connectivity index (χ1) is 13.0. The Bertz CT molecular complexity index is 856. The van der Waals surface area contributed by atoms with E-state index < -0.39 is 0 Å². The van der Waals surface area contributed by atoms with Crippen LogP contribution >= 0.6 is 15.9 Å². The summed E-state index contributed by atoms with van der Waals surface area (Å²) in [5.74, 6) is 0.789. The Kier molecular flexibility index (Phi) is 6.01. The van der Waals surface area contributed by atoms with Crippen molar-refractivity contribution in [2.45, 2.75) is 13.0 Å². The molecule has 0 aromatic heterocycles. The van der Waals surface area contributed by atoms with Gasteiger partial charge in [-0.15, -0.1) is 0 Å². The molecule has 0 aliphatic carbocycles. The molecule has 1 aliphatic rings. The molecule has 2 amide bonds. The number of nitrogens with one attached hydrogen (secondary N) is 1. The number of carbonyl (C=O) groups excluding carboxylic acids is 2. The molecule has 1 fully saturated rings. The van der Waals surface area contributed by atoms with Gasteiger partial charge in [0.2, 0.25) is 11.8 Å². The molecule has 7 heteroatoms. The molecule has 6 nitrogen and oxygen atoms in total. The van der Waals surface area contributed by atoms with E-state index in [1.54, 1.807) is 31.3 Å². The van der Waals surface area contributed by atoms with Crippen LogP contribution in [0.1, 0.15) is 12.0 Å². The number of nitrogens with zero attached hydrogens (tertiary/aromatic N) is 1. The van der Waals surface area contributed by atoms with Crippen molar-refractivity contribution in [2.75, 3.05) is 25.7 Å². The summed E-state index contributed by atoms with van der Waals surface area (Å²) >= 11 is 3.41. The Labute approximate surface area is 166 Å². The molecule has 1 saturated heterocycles. The minimum absolute atomic E-state index is 0.0489. The highest BCUT2D eigenvalue weighted by molar-refractivity contribution is 9.10. The van der Waals surface area contributed by atoms with Crippen LogP contribution in [0.2, 0.25) is 0 Å². The van der Waals surface area contributed by atoms with Crippen molar-refractivity contribution in [1.82, 2.24) is 5.32 Å². The van der Waals surface area contributed by atoms with Gasteiger partial charge < -0.3 is 19.7 Å². The topological polar surface area (TPSA) is 67.9 Å². The zero-order valence-electron chi connectivity index (χ0n) is 15.2. The maximum absolute atomic E-state index is 12.6. The first kappa shape index (κ1) is 19.2. The minimum atomic E-state index is -0.381. The molecule has 0 saturated carbocycles. The van der Waals surface area contributed by atoms with Gasteiger partial charge in [0.15, 0.2) is 0 Å². The van der Waals surface area contributed by atoms with E-state index in [-0.39, 0.29) is 24.2 Å². The smallest absolute Gasteiger partial charge is 0.227 e. The number of halogens is 1. The summed E-state index contributed by atoms with van der Waals surface area (Å²) < 4.78 is 11.5. The van der Waals surface area contributed by atoms with E-state index in [2.05, 4.69) is 21.2 Å². The number of anilines is 1. The van der Waals surface area contributed by atoms with Crippen molar-refractivity contribution < 1.29 is 19.1 Å². The van der Waals surface area contributed by atoms with Gasteiger partial charge in [0, 0.05) is 35.2 Å². The lowest BCUT2D eigenvalue weighted by molar-refractivity contribution is -0.126. The van der Waals surface area contributed by atoms with E-state index in [1.165, 1.54) is 0 Å². The van der Waals surface area contributed by atoms with Gasteiger partial charge >= 0.3 is 0 Å². The van der Waals surface area contributed by atoms with Gasteiger partial charge in [-0.3, -0.25) is 9.59 Å². The summed E-state index contributed by atoms with van der Waals surface area (Å²) in [6.45, 7) is 0.678. The summed E-state index contributed by atoms with van der Waals surface area (Å²) in [7, 11) is 3.17. The van der Waals surface area contributed by atoms with Crippen molar-refractivity contribution in [3.05, 3.63) is 52.5 Å². The monoisotopic (exact) mass is 432 g/mol. The molecule has 1 aliphatic heterocycles. The molecule has 0 radical (unpaired) electrons. The summed E-state index contributed by atoms with van der Waals surface area (Å²) in [6.07, 6.45) is 0.202. The predicted molar refractivity (Wildman–Crippen MR) is 106 cm³/mol. The fraction of sp³-hybridized carbons (Fsp3) is 0.300. The number of methoxy groups -OCH3 is 2. The predicted octanol–water partition coefficient (Wildman–Crippen LogP) is 3.14. The minimum Gasteiger partial charge on any atom is -0.497 e. The molecule has 1 atom stereocenters. The van der Waals surface area contributed by atoms with Crippen molar-refractivity contribution in [2.24, 2.45) is 5.92 Å². The number of amides is 2. The standard InChI is InChI=1S/C20H21BrN2O4/c1-26-17-6-7-18(27-2)13(8-17)11-22-20(25)14-9-19(24)23(12-14)16-5-3-4-15(21)10-16/h3-8,10,14H,9,11-12H2,1-2H3,(H,22,25). The molecular weight excluding hydrogens is 412 g/mol. The van der Waals surface area contributed by atoms with Crippen LogP contribution in [0.25, 0.3) is 0 Å². The van der Waals surface area contributed by atoms with Crippen molar-refractivity contribution in [3.8, 4) is 11.5 Å². The molecule has 27 heavy (non-hydrogen) atoms. The fourth-order valence-corrected chi connectivity index (χ4v) is 3.51. The van der Waals surface area contributed by atoms with Crippen LogP contribution in [-0.4, -0.2) is 32.6 Å². The van der Waals surface area contributed by atoms with Gasteiger partial charge in [-0.1, -0.05) is 22.0 Å². The molecule has 2 aromatic carbocycles. The lowest BCUT2D eigenvalue weighted by Crippen LogP contribution is -2.32. The molecule has 1 N–H and O–H groups in total. The highest BCUT2D eigenvalue weighted by atomic mass is 79.9. The molecular formula is C20H21BrN2O4. The van der Waals surface area contributed by atoms with Gasteiger partial charge in [-0.2, -0.15) is 0 Å². The van der Waals surface area contributed by atoms with Crippen LogP contribution < -0.4 is 19.7 Å². The van der Waals surface area contributed by atoms with E-state index in [0.29, 0.717) is 24.6 Å². The second-order valence-electron chi connectivity index (χ2n) is 6.28.